The van der Waals surface area contributed by atoms with Crippen molar-refractivity contribution in [2.45, 2.75) is 36.6 Å². The van der Waals surface area contributed by atoms with Crippen molar-refractivity contribution in [3.05, 3.63) is 29.8 Å². The van der Waals surface area contributed by atoms with Crippen molar-refractivity contribution in [1.29, 1.82) is 0 Å². The summed E-state index contributed by atoms with van der Waals surface area (Å²) in [6, 6.07) is 6.46. The zero-order valence-corrected chi connectivity index (χ0v) is 13.1. The number of fused-ring (bicyclic) bond motifs is 1. The minimum absolute atomic E-state index is 0.264. The summed E-state index contributed by atoms with van der Waals surface area (Å²) < 4.78 is 28.5. The van der Waals surface area contributed by atoms with Crippen LogP contribution in [-0.4, -0.2) is 36.9 Å². The van der Waals surface area contributed by atoms with Crippen molar-refractivity contribution >= 4 is 17.5 Å². The third-order valence-corrected chi connectivity index (χ3v) is 5.57. The molecule has 5 nitrogen and oxygen atoms in total. The van der Waals surface area contributed by atoms with E-state index in [0.717, 1.165) is 0 Å². The van der Waals surface area contributed by atoms with Gasteiger partial charge in [-0.05, 0) is 37.1 Å². The SMILES string of the molecule is O=C1CC[C@@H](Nc2ccc([C@@]34CCNC[C@@H]3C4(F)F)cc2)C(=O)N1. The standard InChI is InChI=1S/C17H19F2N3O2/c18-17(19)13-9-20-8-7-16(13,17)10-1-3-11(4-2-10)21-12-5-6-14(23)22-15(12)24/h1-4,12-13,20-21H,5-9H2,(H,22,23,24)/t12-,13+,16+/m1/s1. The van der Waals surface area contributed by atoms with Crippen LogP contribution in [0, 0.1) is 5.92 Å². The lowest BCUT2D eigenvalue weighted by Crippen LogP contribution is -2.47. The minimum atomic E-state index is -2.66. The number of halogens is 2. The van der Waals surface area contributed by atoms with Gasteiger partial charge in [0.1, 0.15) is 6.04 Å². The van der Waals surface area contributed by atoms with Crippen LogP contribution >= 0.6 is 0 Å². The van der Waals surface area contributed by atoms with E-state index in [1.165, 1.54) is 0 Å². The molecule has 0 spiro atoms. The summed E-state index contributed by atoms with van der Waals surface area (Å²) in [6.07, 6.45) is 1.16. The maximum Gasteiger partial charge on any atom is 0.263 e. The summed E-state index contributed by atoms with van der Waals surface area (Å²) in [5.41, 5.74) is 0.317. The molecule has 7 heteroatoms. The number of imide groups is 1. The van der Waals surface area contributed by atoms with Crippen molar-refractivity contribution in [2.24, 2.45) is 5.92 Å². The van der Waals surface area contributed by atoms with E-state index in [1.54, 1.807) is 24.3 Å². The fraction of sp³-hybridized carbons (Fsp3) is 0.529. The van der Waals surface area contributed by atoms with Crippen LogP contribution in [0.2, 0.25) is 0 Å². The van der Waals surface area contributed by atoms with Crippen LogP contribution in [0.4, 0.5) is 14.5 Å². The summed E-state index contributed by atoms with van der Waals surface area (Å²) in [6.45, 7) is 0.950. The number of hydrogen-bond donors (Lipinski definition) is 3. The lowest BCUT2D eigenvalue weighted by Gasteiger charge is -2.24. The van der Waals surface area contributed by atoms with Gasteiger partial charge in [0.25, 0.3) is 5.92 Å². The van der Waals surface area contributed by atoms with Crippen LogP contribution in [0.1, 0.15) is 24.8 Å². The molecule has 0 bridgehead atoms. The van der Waals surface area contributed by atoms with Crippen molar-refractivity contribution in [2.75, 3.05) is 18.4 Å². The second-order valence-electron chi connectivity index (χ2n) is 6.83. The first kappa shape index (κ1) is 15.5. The van der Waals surface area contributed by atoms with Crippen molar-refractivity contribution in [3.8, 4) is 0 Å². The maximum absolute atomic E-state index is 14.3. The Morgan fingerprint density at radius 1 is 1.17 bits per heavy atom. The smallest absolute Gasteiger partial charge is 0.263 e. The molecule has 3 aliphatic rings. The Balaban J connectivity index is 1.50. The molecule has 1 aliphatic carbocycles. The fourth-order valence-electron chi connectivity index (χ4n) is 4.14. The summed E-state index contributed by atoms with van der Waals surface area (Å²) in [5, 5.41) is 8.39. The van der Waals surface area contributed by atoms with Crippen LogP contribution in [0.25, 0.3) is 0 Å². The van der Waals surface area contributed by atoms with Crippen LogP contribution < -0.4 is 16.0 Å². The van der Waals surface area contributed by atoms with Crippen LogP contribution in [0.3, 0.4) is 0 Å². The van der Waals surface area contributed by atoms with Gasteiger partial charge in [-0.3, -0.25) is 14.9 Å². The zero-order chi connectivity index (χ0) is 16.9. The van der Waals surface area contributed by atoms with Gasteiger partial charge in [0.15, 0.2) is 0 Å². The topological polar surface area (TPSA) is 70.2 Å². The lowest BCUT2D eigenvalue weighted by molar-refractivity contribution is -0.133. The van der Waals surface area contributed by atoms with Crippen LogP contribution in [0.5, 0.6) is 0 Å². The van der Waals surface area contributed by atoms with E-state index in [-0.39, 0.29) is 11.8 Å². The van der Waals surface area contributed by atoms with Crippen molar-refractivity contribution < 1.29 is 18.4 Å². The average Bonchev–Trinajstić information content (AvgIpc) is 3.09. The highest BCUT2D eigenvalue weighted by Crippen LogP contribution is 2.69. The van der Waals surface area contributed by atoms with Gasteiger partial charge in [0.05, 0.1) is 11.3 Å². The molecular formula is C17H19F2N3O2. The highest BCUT2D eigenvalue weighted by molar-refractivity contribution is 6.01. The Kier molecular flexibility index (Phi) is 3.38. The van der Waals surface area contributed by atoms with E-state index in [2.05, 4.69) is 16.0 Å². The number of nitrogens with one attached hydrogen (secondary N) is 3. The van der Waals surface area contributed by atoms with E-state index >= 15 is 0 Å². The van der Waals surface area contributed by atoms with Gasteiger partial charge < -0.3 is 10.6 Å². The number of alkyl halides is 2. The Bertz CT molecular complexity index is 692. The van der Waals surface area contributed by atoms with Crippen molar-refractivity contribution in [1.82, 2.24) is 10.6 Å². The van der Waals surface area contributed by atoms with Crippen LogP contribution in [-0.2, 0) is 15.0 Å². The van der Waals surface area contributed by atoms with Crippen LogP contribution in [0.15, 0.2) is 24.3 Å². The summed E-state index contributed by atoms with van der Waals surface area (Å²) in [5.74, 6) is -3.90. The first-order valence-corrected chi connectivity index (χ1v) is 8.24. The Morgan fingerprint density at radius 3 is 2.58 bits per heavy atom. The predicted octanol–water partition coefficient (Wildman–Crippen LogP) is 1.40. The summed E-state index contributed by atoms with van der Waals surface area (Å²) >= 11 is 0. The predicted molar refractivity (Wildman–Crippen MR) is 83.8 cm³/mol. The third-order valence-electron chi connectivity index (χ3n) is 5.57. The highest BCUT2D eigenvalue weighted by atomic mass is 19.3. The molecule has 1 saturated carbocycles. The normalized spacial score (nSPS) is 34.2. The second-order valence-corrected chi connectivity index (χ2v) is 6.83. The number of hydrogen-bond acceptors (Lipinski definition) is 4. The van der Waals surface area contributed by atoms with Gasteiger partial charge in [-0.15, -0.1) is 0 Å². The number of amides is 2. The van der Waals surface area contributed by atoms with Gasteiger partial charge >= 0.3 is 0 Å². The molecule has 2 aliphatic heterocycles. The van der Waals surface area contributed by atoms with Gasteiger partial charge in [-0.1, -0.05) is 12.1 Å². The minimum Gasteiger partial charge on any atom is -0.374 e. The van der Waals surface area contributed by atoms with Gasteiger partial charge in [-0.25, -0.2) is 8.78 Å². The fourth-order valence-corrected chi connectivity index (χ4v) is 4.14. The molecule has 1 aromatic rings. The summed E-state index contributed by atoms with van der Waals surface area (Å²) in [7, 11) is 0. The molecule has 3 fully saturated rings. The largest absolute Gasteiger partial charge is 0.374 e. The maximum atomic E-state index is 14.3. The molecule has 0 aromatic heterocycles. The molecule has 2 heterocycles. The van der Waals surface area contributed by atoms with E-state index < -0.39 is 23.3 Å². The molecular weight excluding hydrogens is 316 g/mol. The molecule has 4 rings (SSSR count). The molecule has 128 valence electrons. The number of piperidine rings is 2. The molecule has 0 unspecified atom stereocenters. The number of benzene rings is 1. The Labute approximate surface area is 138 Å². The molecule has 3 N–H and O–H groups in total. The molecule has 2 amide bonds. The van der Waals surface area contributed by atoms with E-state index in [1.807, 2.05) is 0 Å². The second kappa shape index (κ2) is 5.24. The van der Waals surface area contributed by atoms with E-state index in [9.17, 15) is 18.4 Å². The van der Waals surface area contributed by atoms with Crippen molar-refractivity contribution in [3.63, 3.8) is 0 Å². The number of anilines is 1. The van der Waals surface area contributed by atoms with E-state index in [4.69, 9.17) is 0 Å². The first-order valence-electron chi connectivity index (χ1n) is 8.24. The molecule has 24 heavy (non-hydrogen) atoms. The summed E-state index contributed by atoms with van der Waals surface area (Å²) in [4.78, 5) is 22.9. The third kappa shape index (κ3) is 2.14. The molecule has 1 aromatic carbocycles. The highest BCUT2D eigenvalue weighted by Gasteiger charge is 2.80. The average molecular weight is 335 g/mol. The van der Waals surface area contributed by atoms with E-state index in [0.29, 0.717) is 43.6 Å². The molecule has 2 saturated heterocycles. The number of carbonyl (C=O) groups is 2. The molecule has 0 radical (unpaired) electrons. The molecule has 3 atom stereocenters. The van der Waals surface area contributed by atoms with Gasteiger partial charge in [0.2, 0.25) is 11.8 Å². The first-order chi connectivity index (χ1) is 11.4. The van der Waals surface area contributed by atoms with Gasteiger partial charge in [-0.2, -0.15) is 0 Å². The number of carbonyl (C=O) groups excluding carboxylic acids is 2. The van der Waals surface area contributed by atoms with Gasteiger partial charge in [0, 0.05) is 18.7 Å². The monoisotopic (exact) mass is 335 g/mol. The lowest BCUT2D eigenvalue weighted by atomic mass is 9.87. The quantitative estimate of drug-likeness (QED) is 0.731. The Morgan fingerprint density at radius 2 is 1.92 bits per heavy atom. The number of rotatable bonds is 3. The zero-order valence-electron chi connectivity index (χ0n) is 13.1. The Hall–Kier alpha value is -2.02.